The molecule has 0 heterocycles. The molecule has 1 amide bonds. The molecular weight excluding hydrogens is 340 g/mol. The highest BCUT2D eigenvalue weighted by Gasteiger charge is 2.28. The third-order valence-corrected chi connectivity index (χ3v) is 5.34. The number of nitrogens with one attached hydrogen (secondary N) is 2. The highest BCUT2D eigenvalue weighted by molar-refractivity contribution is 5.95. The molecule has 2 atom stereocenters. The summed E-state index contributed by atoms with van der Waals surface area (Å²) in [4.78, 5) is 25.5. The number of amides is 1. The Labute approximate surface area is 160 Å². The Morgan fingerprint density at radius 2 is 2.00 bits per heavy atom. The fourth-order valence-corrected chi connectivity index (χ4v) is 3.84. The number of fused-ring (bicyclic) bond motifs is 1. The molecule has 0 saturated heterocycles. The summed E-state index contributed by atoms with van der Waals surface area (Å²) in [5.74, 6) is -0.465. The minimum Gasteiger partial charge on any atom is -0.465 e. The number of carbonyl (C=O) groups is 2. The van der Waals surface area contributed by atoms with Gasteiger partial charge in [-0.15, -0.1) is 0 Å². The van der Waals surface area contributed by atoms with Gasteiger partial charge in [0.05, 0.1) is 19.7 Å². The number of carbonyl (C=O) groups excluding carboxylic acids is 2. The van der Waals surface area contributed by atoms with Gasteiger partial charge < -0.3 is 15.0 Å². The van der Waals surface area contributed by atoms with E-state index in [0.29, 0.717) is 23.8 Å². The number of rotatable bonds is 5. The number of quaternary nitrogens is 1. The zero-order valence-electron chi connectivity index (χ0n) is 16.2. The van der Waals surface area contributed by atoms with E-state index in [4.69, 9.17) is 4.74 Å². The molecular formula is C22H27N2O3+. The SMILES string of the molecule is COC(=O)c1ccc(C)c(NC(=O)C[NH+](C)[C@H]2CCCc3ccccc32)c1. The van der Waals surface area contributed by atoms with Crippen LogP contribution in [0.15, 0.2) is 42.5 Å². The fourth-order valence-electron chi connectivity index (χ4n) is 3.84. The van der Waals surface area contributed by atoms with Gasteiger partial charge in [0.2, 0.25) is 0 Å². The number of ether oxygens (including phenoxy) is 1. The zero-order chi connectivity index (χ0) is 19.4. The van der Waals surface area contributed by atoms with Crippen LogP contribution in [0.4, 0.5) is 5.69 Å². The lowest BCUT2D eigenvalue weighted by atomic mass is 9.87. The van der Waals surface area contributed by atoms with E-state index in [1.807, 2.05) is 13.0 Å². The van der Waals surface area contributed by atoms with Gasteiger partial charge in [-0.2, -0.15) is 0 Å². The summed E-state index contributed by atoms with van der Waals surface area (Å²) in [6.45, 7) is 2.28. The minimum atomic E-state index is -0.410. The molecule has 2 N–H and O–H groups in total. The smallest absolute Gasteiger partial charge is 0.337 e. The molecule has 3 rings (SSSR count). The maximum atomic E-state index is 12.6. The number of methoxy groups -OCH3 is 1. The average molecular weight is 367 g/mol. The molecule has 5 heteroatoms. The molecule has 142 valence electrons. The van der Waals surface area contributed by atoms with E-state index in [-0.39, 0.29) is 5.91 Å². The van der Waals surface area contributed by atoms with Crippen molar-refractivity contribution >= 4 is 17.6 Å². The summed E-state index contributed by atoms with van der Waals surface area (Å²) < 4.78 is 4.76. The molecule has 2 aromatic carbocycles. The van der Waals surface area contributed by atoms with E-state index in [2.05, 4.69) is 36.6 Å². The van der Waals surface area contributed by atoms with E-state index in [9.17, 15) is 9.59 Å². The van der Waals surface area contributed by atoms with Crippen LogP contribution in [0.5, 0.6) is 0 Å². The van der Waals surface area contributed by atoms with Crippen molar-refractivity contribution in [3.05, 3.63) is 64.7 Å². The van der Waals surface area contributed by atoms with Crippen molar-refractivity contribution in [3.63, 3.8) is 0 Å². The standard InChI is InChI=1S/C22H26N2O3/c1-15-11-12-17(22(26)27-3)13-19(15)23-21(25)14-24(2)20-10-6-8-16-7-4-5-9-18(16)20/h4-5,7,9,11-13,20H,6,8,10,14H2,1-3H3,(H,23,25)/p+1/t20-/m0/s1. The van der Waals surface area contributed by atoms with E-state index < -0.39 is 5.97 Å². The fraction of sp³-hybridized carbons (Fsp3) is 0.364. The Hall–Kier alpha value is -2.66. The predicted molar refractivity (Wildman–Crippen MR) is 105 cm³/mol. The van der Waals surface area contributed by atoms with E-state index in [1.165, 1.54) is 23.1 Å². The van der Waals surface area contributed by atoms with E-state index in [0.717, 1.165) is 24.8 Å². The van der Waals surface area contributed by atoms with Crippen LogP contribution >= 0.6 is 0 Å². The largest absolute Gasteiger partial charge is 0.465 e. The van der Waals surface area contributed by atoms with Crippen molar-refractivity contribution < 1.29 is 19.2 Å². The van der Waals surface area contributed by atoms with Gasteiger partial charge in [-0.1, -0.05) is 30.3 Å². The van der Waals surface area contributed by atoms with Crippen molar-refractivity contribution in [1.29, 1.82) is 0 Å². The molecule has 0 aromatic heterocycles. The Morgan fingerprint density at radius 1 is 1.22 bits per heavy atom. The van der Waals surface area contributed by atoms with Crippen LogP contribution in [0.25, 0.3) is 0 Å². The molecule has 2 aromatic rings. The molecule has 1 unspecified atom stereocenters. The Kier molecular flexibility index (Phi) is 5.91. The third-order valence-electron chi connectivity index (χ3n) is 5.34. The van der Waals surface area contributed by atoms with Crippen molar-refractivity contribution in [1.82, 2.24) is 0 Å². The first kappa shape index (κ1) is 19.1. The molecule has 0 saturated carbocycles. The monoisotopic (exact) mass is 367 g/mol. The molecule has 0 radical (unpaired) electrons. The normalized spacial score (nSPS) is 16.9. The number of hydrogen-bond acceptors (Lipinski definition) is 3. The molecule has 0 aliphatic heterocycles. The maximum Gasteiger partial charge on any atom is 0.337 e. The number of likely N-dealkylation sites (N-methyl/N-ethyl adjacent to an activating group) is 1. The van der Waals surface area contributed by atoms with Gasteiger partial charge in [0.15, 0.2) is 6.54 Å². The van der Waals surface area contributed by atoms with Crippen LogP contribution in [0, 0.1) is 6.92 Å². The van der Waals surface area contributed by atoms with Crippen LogP contribution in [0.2, 0.25) is 0 Å². The molecule has 5 nitrogen and oxygen atoms in total. The summed E-state index contributed by atoms with van der Waals surface area (Å²) in [6, 6.07) is 14.1. The summed E-state index contributed by atoms with van der Waals surface area (Å²) >= 11 is 0. The Morgan fingerprint density at radius 3 is 2.78 bits per heavy atom. The Balaban J connectivity index is 1.69. The van der Waals surface area contributed by atoms with Gasteiger partial charge in [-0.3, -0.25) is 4.79 Å². The first-order valence-electron chi connectivity index (χ1n) is 9.38. The number of anilines is 1. The molecule has 0 fully saturated rings. The highest BCUT2D eigenvalue weighted by atomic mass is 16.5. The number of benzene rings is 2. The van der Waals surface area contributed by atoms with Crippen LogP contribution in [0.1, 0.15) is 45.9 Å². The van der Waals surface area contributed by atoms with Crippen molar-refractivity contribution in [2.75, 3.05) is 26.0 Å². The van der Waals surface area contributed by atoms with Crippen LogP contribution in [-0.2, 0) is 16.0 Å². The quantitative estimate of drug-likeness (QED) is 0.798. The average Bonchev–Trinajstić information content (AvgIpc) is 2.68. The molecule has 0 bridgehead atoms. The Bertz CT molecular complexity index is 847. The number of esters is 1. The van der Waals surface area contributed by atoms with Crippen molar-refractivity contribution in [3.8, 4) is 0 Å². The molecule has 1 aliphatic carbocycles. The van der Waals surface area contributed by atoms with Gasteiger partial charge in [-0.25, -0.2) is 4.79 Å². The minimum absolute atomic E-state index is 0.0549. The lowest BCUT2D eigenvalue weighted by Gasteiger charge is -2.30. The second kappa shape index (κ2) is 8.35. The third kappa shape index (κ3) is 4.37. The summed E-state index contributed by atoms with van der Waals surface area (Å²) in [5.41, 5.74) is 4.75. The molecule has 27 heavy (non-hydrogen) atoms. The topological polar surface area (TPSA) is 59.8 Å². The molecule has 0 spiro atoms. The van der Waals surface area contributed by atoms with Gasteiger partial charge >= 0.3 is 5.97 Å². The summed E-state index contributed by atoms with van der Waals surface area (Å²) in [5, 5.41) is 2.96. The second-order valence-electron chi connectivity index (χ2n) is 7.24. The second-order valence-corrected chi connectivity index (χ2v) is 7.24. The van der Waals surface area contributed by atoms with Crippen molar-refractivity contribution in [2.45, 2.75) is 32.2 Å². The van der Waals surface area contributed by atoms with Gasteiger partial charge in [0, 0.05) is 17.7 Å². The van der Waals surface area contributed by atoms with Crippen LogP contribution in [0.3, 0.4) is 0 Å². The van der Waals surface area contributed by atoms with E-state index in [1.54, 1.807) is 12.1 Å². The number of aryl methyl sites for hydroxylation is 2. The van der Waals surface area contributed by atoms with E-state index >= 15 is 0 Å². The predicted octanol–water partition coefficient (Wildman–Crippen LogP) is 2.31. The van der Waals surface area contributed by atoms with Crippen LogP contribution in [-0.4, -0.2) is 32.6 Å². The van der Waals surface area contributed by atoms with Gasteiger partial charge in [0.25, 0.3) is 5.91 Å². The highest BCUT2D eigenvalue weighted by Crippen LogP contribution is 2.27. The van der Waals surface area contributed by atoms with Gasteiger partial charge in [-0.05, 0) is 43.0 Å². The molecule has 1 aliphatic rings. The lowest BCUT2D eigenvalue weighted by Crippen LogP contribution is -3.10. The maximum absolute atomic E-state index is 12.6. The van der Waals surface area contributed by atoms with Gasteiger partial charge in [0.1, 0.15) is 6.04 Å². The first-order chi connectivity index (χ1) is 13.0. The summed E-state index contributed by atoms with van der Waals surface area (Å²) in [6.07, 6.45) is 3.36. The lowest BCUT2D eigenvalue weighted by molar-refractivity contribution is -0.905. The van der Waals surface area contributed by atoms with Crippen molar-refractivity contribution in [2.24, 2.45) is 0 Å². The van der Waals surface area contributed by atoms with Crippen LogP contribution < -0.4 is 10.2 Å². The summed E-state index contributed by atoms with van der Waals surface area (Å²) in [7, 11) is 3.42. The number of hydrogen-bond donors (Lipinski definition) is 2. The zero-order valence-corrected chi connectivity index (χ0v) is 16.2. The first-order valence-corrected chi connectivity index (χ1v) is 9.38.